The van der Waals surface area contributed by atoms with Gasteiger partial charge < -0.3 is 19.6 Å². The molecule has 27 heavy (non-hydrogen) atoms. The number of benzene rings is 1. The predicted molar refractivity (Wildman–Crippen MR) is 105 cm³/mol. The number of aromatic hydroxyl groups is 1. The smallest absolute Gasteiger partial charge is 0.224 e. The average molecular weight is 370 g/mol. The number of piperidine rings is 1. The summed E-state index contributed by atoms with van der Waals surface area (Å²) in [7, 11) is 2.26. The second kappa shape index (κ2) is 5.63. The molecule has 4 aliphatic rings. The molecule has 5 heteroatoms. The molecule has 3 unspecified atom stereocenters. The number of amides is 1. The molecule has 2 aliphatic heterocycles. The van der Waals surface area contributed by atoms with Crippen molar-refractivity contribution in [1.82, 2.24) is 4.90 Å². The second-order valence-electron chi connectivity index (χ2n) is 9.28. The molecule has 2 heterocycles. The number of anilines is 1. The van der Waals surface area contributed by atoms with Crippen molar-refractivity contribution < 1.29 is 14.6 Å². The molecule has 1 aromatic carbocycles. The molecular weight excluding hydrogens is 340 g/mol. The van der Waals surface area contributed by atoms with Gasteiger partial charge in [-0.15, -0.1) is 0 Å². The van der Waals surface area contributed by atoms with Crippen LogP contribution in [0.15, 0.2) is 6.07 Å². The van der Waals surface area contributed by atoms with Crippen LogP contribution in [0.2, 0.25) is 0 Å². The Kier molecular flexibility index (Phi) is 3.62. The first-order valence-electron chi connectivity index (χ1n) is 10.4. The Labute approximate surface area is 161 Å². The van der Waals surface area contributed by atoms with Gasteiger partial charge >= 0.3 is 0 Å². The standard InChI is InChI=1S/C22H30N2O3/c1-14(25)24-10-11-27-20-17(26)13-16-15(19(20)24)12-18-21(2)6-4-5-7-22(16,21)8-9-23(18)3/h13,18,26H,4-12H2,1-3H3. The van der Waals surface area contributed by atoms with Gasteiger partial charge in [-0.3, -0.25) is 4.79 Å². The summed E-state index contributed by atoms with van der Waals surface area (Å²) in [5.74, 6) is 0.737. The molecule has 3 atom stereocenters. The van der Waals surface area contributed by atoms with Gasteiger partial charge in [-0.1, -0.05) is 19.8 Å². The number of carbonyl (C=O) groups is 1. The first kappa shape index (κ1) is 17.4. The molecule has 0 aromatic heterocycles. The van der Waals surface area contributed by atoms with E-state index in [1.165, 1.54) is 36.8 Å². The Morgan fingerprint density at radius 3 is 2.81 bits per heavy atom. The van der Waals surface area contributed by atoms with Gasteiger partial charge in [0.2, 0.25) is 5.91 Å². The summed E-state index contributed by atoms with van der Waals surface area (Å²) >= 11 is 0. The van der Waals surface area contributed by atoms with E-state index in [4.69, 9.17) is 4.74 Å². The van der Waals surface area contributed by atoms with Gasteiger partial charge in [-0.25, -0.2) is 0 Å². The Hall–Kier alpha value is -1.75. The van der Waals surface area contributed by atoms with E-state index in [0.717, 1.165) is 25.1 Å². The van der Waals surface area contributed by atoms with Crippen molar-refractivity contribution in [2.24, 2.45) is 5.41 Å². The van der Waals surface area contributed by atoms with E-state index in [-0.39, 0.29) is 22.5 Å². The summed E-state index contributed by atoms with van der Waals surface area (Å²) in [5, 5.41) is 10.9. The average Bonchev–Trinajstić information content (AvgIpc) is 2.64. The van der Waals surface area contributed by atoms with Gasteiger partial charge in [0.15, 0.2) is 11.5 Å². The molecule has 1 amide bonds. The molecule has 1 saturated carbocycles. The largest absolute Gasteiger partial charge is 0.504 e. The van der Waals surface area contributed by atoms with Crippen LogP contribution >= 0.6 is 0 Å². The lowest BCUT2D eigenvalue weighted by atomic mass is 9.44. The Balaban J connectivity index is 1.80. The highest BCUT2D eigenvalue weighted by Crippen LogP contribution is 2.65. The monoisotopic (exact) mass is 370 g/mol. The summed E-state index contributed by atoms with van der Waals surface area (Å²) < 4.78 is 5.85. The van der Waals surface area contributed by atoms with E-state index < -0.39 is 0 Å². The normalized spacial score (nSPS) is 34.9. The molecule has 0 spiro atoms. The number of phenolic OH excluding ortho intramolecular Hbond substituents is 1. The molecule has 1 aromatic rings. The molecule has 2 bridgehead atoms. The topological polar surface area (TPSA) is 53.0 Å². The van der Waals surface area contributed by atoms with Crippen molar-refractivity contribution >= 4 is 11.6 Å². The fourth-order valence-corrected chi connectivity index (χ4v) is 6.90. The molecule has 1 saturated heterocycles. The summed E-state index contributed by atoms with van der Waals surface area (Å²) in [6, 6.07) is 2.46. The van der Waals surface area contributed by atoms with Crippen molar-refractivity contribution in [2.75, 3.05) is 31.6 Å². The van der Waals surface area contributed by atoms with Crippen molar-refractivity contribution in [3.8, 4) is 11.5 Å². The van der Waals surface area contributed by atoms with Crippen LogP contribution in [0.25, 0.3) is 0 Å². The van der Waals surface area contributed by atoms with Crippen molar-refractivity contribution in [3.05, 3.63) is 17.2 Å². The van der Waals surface area contributed by atoms with Crippen molar-refractivity contribution in [3.63, 3.8) is 0 Å². The van der Waals surface area contributed by atoms with Gasteiger partial charge in [0.05, 0.1) is 12.2 Å². The van der Waals surface area contributed by atoms with Crippen molar-refractivity contribution in [2.45, 2.75) is 63.8 Å². The minimum Gasteiger partial charge on any atom is -0.504 e. The Morgan fingerprint density at radius 2 is 2.04 bits per heavy atom. The molecule has 0 radical (unpaired) electrons. The number of fused-ring (bicyclic) bond motifs is 3. The maximum Gasteiger partial charge on any atom is 0.224 e. The number of likely N-dealkylation sites (tertiary alicyclic amines) is 1. The minimum absolute atomic E-state index is 0.0281. The molecule has 5 rings (SSSR count). The molecule has 5 nitrogen and oxygen atoms in total. The molecule has 1 N–H and O–H groups in total. The number of phenols is 1. The van der Waals surface area contributed by atoms with Gasteiger partial charge in [0, 0.05) is 18.4 Å². The fraction of sp³-hybridized carbons (Fsp3) is 0.682. The number of hydrogen-bond acceptors (Lipinski definition) is 4. The third-order valence-corrected chi connectivity index (χ3v) is 8.27. The highest BCUT2D eigenvalue weighted by atomic mass is 16.5. The Morgan fingerprint density at radius 1 is 1.26 bits per heavy atom. The third-order valence-electron chi connectivity index (χ3n) is 8.27. The molecular formula is C22H30N2O3. The third kappa shape index (κ3) is 2.06. The van der Waals surface area contributed by atoms with E-state index in [1.54, 1.807) is 6.92 Å². The highest BCUT2D eigenvalue weighted by molar-refractivity contribution is 5.96. The van der Waals surface area contributed by atoms with E-state index >= 15 is 0 Å². The summed E-state index contributed by atoms with van der Waals surface area (Å²) in [4.78, 5) is 16.8. The van der Waals surface area contributed by atoms with E-state index in [2.05, 4.69) is 18.9 Å². The quantitative estimate of drug-likeness (QED) is 0.762. The van der Waals surface area contributed by atoms with Crippen LogP contribution < -0.4 is 9.64 Å². The number of ether oxygens (including phenoxy) is 1. The fourth-order valence-electron chi connectivity index (χ4n) is 6.90. The van der Waals surface area contributed by atoms with Crippen LogP contribution in [0.3, 0.4) is 0 Å². The summed E-state index contributed by atoms with van der Waals surface area (Å²) in [6.45, 7) is 6.19. The lowest BCUT2D eigenvalue weighted by Gasteiger charge is -2.65. The lowest BCUT2D eigenvalue weighted by molar-refractivity contribution is -0.116. The zero-order valence-corrected chi connectivity index (χ0v) is 16.7. The van der Waals surface area contributed by atoms with Crippen LogP contribution in [0.1, 0.15) is 57.1 Å². The van der Waals surface area contributed by atoms with Crippen LogP contribution in [0, 0.1) is 5.41 Å². The minimum atomic E-state index is 0.0281. The number of rotatable bonds is 0. The maximum atomic E-state index is 12.4. The van der Waals surface area contributed by atoms with Gasteiger partial charge in [0.1, 0.15) is 6.61 Å². The van der Waals surface area contributed by atoms with Crippen LogP contribution in [-0.2, 0) is 16.6 Å². The molecule has 2 aliphatic carbocycles. The zero-order valence-electron chi connectivity index (χ0n) is 16.7. The first-order chi connectivity index (χ1) is 12.9. The van der Waals surface area contributed by atoms with Gasteiger partial charge in [-0.05, 0) is 61.9 Å². The summed E-state index contributed by atoms with van der Waals surface area (Å²) in [6.07, 6.45) is 7.02. The van der Waals surface area contributed by atoms with E-state index in [0.29, 0.717) is 24.9 Å². The van der Waals surface area contributed by atoms with Crippen LogP contribution in [0.4, 0.5) is 5.69 Å². The predicted octanol–water partition coefficient (Wildman–Crippen LogP) is 3.22. The van der Waals surface area contributed by atoms with Crippen molar-refractivity contribution in [1.29, 1.82) is 0 Å². The number of nitrogens with zero attached hydrogens (tertiary/aromatic N) is 2. The maximum absolute atomic E-state index is 12.4. The number of carbonyl (C=O) groups excluding carboxylic acids is 1. The molecule has 2 fully saturated rings. The lowest BCUT2D eigenvalue weighted by Crippen LogP contribution is -2.66. The van der Waals surface area contributed by atoms with Gasteiger partial charge in [-0.2, -0.15) is 0 Å². The first-order valence-corrected chi connectivity index (χ1v) is 10.4. The van der Waals surface area contributed by atoms with Gasteiger partial charge in [0.25, 0.3) is 0 Å². The number of hydrogen-bond donors (Lipinski definition) is 1. The summed E-state index contributed by atoms with van der Waals surface area (Å²) in [5.41, 5.74) is 3.71. The molecule has 146 valence electrons. The highest BCUT2D eigenvalue weighted by Gasteiger charge is 2.61. The Bertz CT molecular complexity index is 822. The van der Waals surface area contributed by atoms with E-state index in [9.17, 15) is 9.90 Å². The van der Waals surface area contributed by atoms with Crippen LogP contribution in [0.5, 0.6) is 11.5 Å². The second-order valence-corrected chi connectivity index (χ2v) is 9.28. The van der Waals surface area contributed by atoms with Crippen LogP contribution in [-0.4, -0.2) is 48.7 Å². The number of likely N-dealkylation sites (N-methyl/N-ethyl adjacent to an activating group) is 1. The SMILES string of the molecule is CC(=O)N1CCOc2c(O)cc3c(c21)CC1N(C)CCC32CCCCC12C. The zero-order chi connectivity index (χ0) is 19.0. The van der Waals surface area contributed by atoms with E-state index in [1.807, 2.05) is 11.0 Å².